The summed E-state index contributed by atoms with van der Waals surface area (Å²) < 4.78 is 85.5. The molecule has 0 aromatic carbocycles. The molecule has 0 heterocycles. The van der Waals surface area contributed by atoms with E-state index in [9.17, 15) is 30.8 Å². The van der Waals surface area contributed by atoms with E-state index >= 15 is 0 Å². The Labute approximate surface area is 123 Å². The number of halogens is 4. The second-order valence-electron chi connectivity index (χ2n) is 6.08. The maximum Gasteiger partial charge on any atom is 0.485 e. The number of hydrogen-bond acceptors (Lipinski definition) is 4. The molecule has 0 aromatic rings. The van der Waals surface area contributed by atoms with Crippen LogP contribution in [0.3, 0.4) is 0 Å². The van der Waals surface area contributed by atoms with Crippen LogP contribution in [0.1, 0.15) is 25.7 Å². The topological polar surface area (TPSA) is 80.7 Å². The number of carbonyl (C=O) groups is 1. The predicted molar refractivity (Wildman–Crippen MR) is 63.5 cm³/mol. The Kier molecular flexibility index (Phi) is 3.02. The van der Waals surface area contributed by atoms with Crippen LogP contribution in [0.2, 0.25) is 0 Å². The Hall–Kier alpha value is -1.16. The van der Waals surface area contributed by atoms with Crippen molar-refractivity contribution < 1.29 is 40.1 Å². The molecule has 4 aliphatic carbocycles. The zero-order valence-corrected chi connectivity index (χ0v) is 11.9. The van der Waals surface area contributed by atoms with Crippen molar-refractivity contribution in [3.05, 3.63) is 11.6 Å². The van der Waals surface area contributed by atoms with E-state index in [1.54, 1.807) is 6.08 Å². The fourth-order valence-corrected chi connectivity index (χ4v) is 4.18. The molecular formula is C12H12F4O5S. The molecule has 3 atom stereocenters. The summed E-state index contributed by atoms with van der Waals surface area (Å²) in [5.41, 5.74) is -0.726. The van der Waals surface area contributed by atoms with Crippen molar-refractivity contribution in [1.29, 1.82) is 0 Å². The molecule has 0 amide bonds. The Balaban J connectivity index is 1.84. The van der Waals surface area contributed by atoms with Crippen LogP contribution in [0.15, 0.2) is 11.6 Å². The van der Waals surface area contributed by atoms with Crippen molar-refractivity contribution in [2.45, 2.75) is 37.0 Å². The quantitative estimate of drug-likeness (QED) is 0.366. The average molecular weight is 344 g/mol. The van der Waals surface area contributed by atoms with Gasteiger partial charge in [-0.05, 0) is 37.5 Å². The summed E-state index contributed by atoms with van der Waals surface area (Å²) in [5.74, 6) is -1.37. The van der Waals surface area contributed by atoms with Gasteiger partial charge in [-0.25, -0.2) is 0 Å². The third-order valence-corrected chi connectivity index (χ3v) is 5.67. The highest BCUT2D eigenvalue weighted by Gasteiger charge is 2.72. The number of allylic oxidation sites excluding steroid dienone is 1. The lowest BCUT2D eigenvalue weighted by Gasteiger charge is -2.58. The van der Waals surface area contributed by atoms with Crippen LogP contribution in [0.25, 0.3) is 0 Å². The Morgan fingerprint density at radius 1 is 1.32 bits per heavy atom. The summed E-state index contributed by atoms with van der Waals surface area (Å²) in [6.07, 6.45) is -1.89. The minimum atomic E-state index is -6.43. The standard InChI is InChI=1S/C12H12F4O5S/c13-11(14,12(15,16)22(18,19)20)21-9(17)10-4-6-1-2-8(10)7(3-6)5-10/h2,6-7H,1,3-5H2,(H,18,19,20). The van der Waals surface area contributed by atoms with Crippen LogP contribution in [0, 0.1) is 17.3 Å². The normalized spacial score (nSPS) is 34.0. The highest BCUT2D eigenvalue weighted by atomic mass is 32.2. The SMILES string of the molecule is O=C(OC(F)(F)C(F)(F)S(=O)(=O)O)C12CC3CC=C1C(C3)C2. The summed E-state index contributed by atoms with van der Waals surface area (Å²) in [4.78, 5) is 12.0. The summed E-state index contributed by atoms with van der Waals surface area (Å²) in [7, 11) is -6.43. The lowest BCUT2D eigenvalue weighted by molar-refractivity contribution is -0.308. The van der Waals surface area contributed by atoms with Crippen molar-refractivity contribution in [2.24, 2.45) is 17.3 Å². The van der Waals surface area contributed by atoms with Gasteiger partial charge in [0.05, 0.1) is 5.41 Å². The molecule has 4 bridgehead atoms. The minimum Gasteiger partial charge on any atom is -0.395 e. The van der Waals surface area contributed by atoms with E-state index in [4.69, 9.17) is 4.55 Å². The largest absolute Gasteiger partial charge is 0.485 e. The van der Waals surface area contributed by atoms with E-state index in [-0.39, 0.29) is 24.7 Å². The molecule has 5 nitrogen and oxygen atoms in total. The van der Waals surface area contributed by atoms with E-state index < -0.39 is 32.9 Å². The lowest BCUT2D eigenvalue weighted by atomic mass is 9.45. The van der Waals surface area contributed by atoms with Crippen LogP contribution >= 0.6 is 0 Å². The van der Waals surface area contributed by atoms with Gasteiger partial charge >= 0.3 is 27.5 Å². The summed E-state index contributed by atoms with van der Waals surface area (Å²) in [5, 5.41) is -5.91. The van der Waals surface area contributed by atoms with Gasteiger partial charge in [-0.2, -0.15) is 26.0 Å². The highest BCUT2D eigenvalue weighted by molar-refractivity contribution is 7.86. The van der Waals surface area contributed by atoms with Crippen LogP contribution in [-0.2, 0) is 19.6 Å². The van der Waals surface area contributed by atoms with Crippen molar-refractivity contribution >= 4 is 16.1 Å². The number of fused-ring (bicyclic) bond motifs is 1. The Morgan fingerprint density at radius 3 is 2.41 bits per heavy atom. The molecule has 0 spiro atoms. The molecule has 1 N–H and O–H groups in total. The van der Waals surface area contributed by atoms with Gasteiger partial charge in [-0.1, -0.05) is 11.6 Å². The molecular weight excluding hydrogens is 332 g/mol. The van der Waals surface area contributed by atoms with Crippen molar-refractivity contribution in [3.63, 3.8) is 0 Å². The fourth-order valence-electron chi connectivity index (χ4n) is 3.84. The zero-order valence-electron chi connectivity index (χ0n) is 11.1. The van der Waals surface area contributed by atoms with Gasteiger partial charge in [-0.3, -0.25) is 9.35 Å². The molecule has 4 aliphatic rings. The molecule has 4 rings (SSSR count). The first kappa shape index (κ1) is 15.7. The summed E-state index contributed by atoms with van der Waals surface area (Å²) >= 11 is 0. The first-order valence-electron chi connectivity index (χ1n) is 6.57. The van der Waals surface area contributed by atoms with Gasteiger partial charge in [-0.15, -0.1) is 0 Å². The molecule has 2 saturated carbocycles. The molecule has 124 valence electrons. The average Bonchev–Trinajstić information content (AvgIpc) is 2.36. The third-order valence-electron chi connectivity index (χ3n) is 4.79. The molecule has 0 aromatic heterocycles. The van der Waals surface area contributed by atoms with Crippen LogP contribution < -0.4 is 0 Å². The summed E-state index contributed by atoms with van der Waals surface area (Å²) in [6, 6.07) is 0. The minimum absolute atomic E-state index is 0.0794. The smallest absolute Gasteiger partial charge is 0.395 e. The van der Waals surface area contributed by atoms with Crippen molar-refractivity contribution in [1.82, 2.24) is 0 Å². The maximum absolute atomic E-state index is 13.4. The second-order valence-corrected chi connectivity index (χ2v) is 7.55. The zero-order chi connectivity index (χ0) is 16.6. The van der Waals surface area contributed by atoms with Crippen LogP contribution in [-0.4, -0.2) is 30.3 Å². The number of ether oxygens (including phenoxy) is 1. The molecule has 2 fully saturated rings. The number of alkyl halides is 4. The van der Waals surface area contributed by atoms with Gasteiger partial charge in [0.1, 0.15) is 0 Å². The van der Waals surface area contributed by atoms with Crippen LogP contribution in [0.5, 0.6) is 0 Å². The van der Waals surface area contributed by atoms with Gasteiger partial charge < -0.3 is 4.74 Å². The Morgan fingerprint density at radius 2 is 1.95 bits per heavy atom. The van der Waals surface area contributed by atoms with Gasteiger partial charge in [0.2, 0.25) is 0 Å². The third kappa shape index (κ3) is 1.86. The Bertz CT molecular complexity index is 671. The highest BCUT2D eigenvalue weighted by Crippen LogP contribution is 2.66. The first-order chi connectivity index (χ1) is 9.91. The van der Waals surface area contributed by atoms with E-state index in [2.05, 4.69) is 4.74 Å². The van der Waals surface area contributed by atoms with E-state index in [1.807, 2.05) is 0 Å². The maximum atomic E-state index is 13.4. The van der Waals surface area contributed by atoms with Crippen molar-refractivity contribution in [3.8, 4) is 0 Å². The second kappa shape index (κ2) is 4.22. The molecule has 0 aliphatic heterocycles. The monoisotopic (exact) mass is 344 g/mol. The molecule has 0 radical (unpaired) electrons. The molecule has 10 heteroatoms. The molecule has 3 unspecified atom stereocenters. The first-order valence-corrected chi connectivity index (χ1v) is 8.01. The van der Waals surface area contributed by atoms with E-state index in [0.29, 0.717) is 12.0 Å². The summed E-state index contributed by atoms with van der Waals surface area (Å²) in [6.45, 7) is 0. The van der Waals surface area contributed by atoms with E-state index in [0.717, 1.165) is 6.42 Å². The van der Waals surface area contributed by atoms with Gasteiger partial charge in [0.15, 0.2) is 0 Å². The molecule has 22 heavy (non-hydrogen) atoms. The number of esters is 1. The van der Waals surface area contributed by atoms with Gasteiger partial charge in [0.25, 0.3) is 0 Å². The number of hydrogen-bond donors (Lipinski definition) is 1. The fraction of sp³-hybridized carbons (Fsp3) is 0.750. The van der Waals surface area contributed by atoms with Gasteiger partial charge in [0, 0.05) is 0 Å². The lowest BCUT2D eigenvalue weighted by Crippen LogP contribution is -2.58. The van der Waals surface area contributed by atoms with Crippen LogP contribution in [0.4, 0.5) is 17.6 Å². The number of carbonyl (C=O) groups excluding carboxylic acids is 1. The number of rotatable bonds is 4. The van der Waals surface area contributed by atoms with Crippen molar-refractivity contribution in [2.75, 3.05) is 0 Å². The predicted octanol–water partition coefficient (Wildman–Crippen LogP) is 2.35. The molecule has 0 saturated heterocycles. The van der Waals surface area contributed by atoms with E-state index in [1.165, 1.54) is 0 Å².